The monoisotopic (exact) mass is 499 g/mol. The van der Waals surface area contributed by atoms with Crippen LogP contribution in [0.5, 0.6) is 0 Å². The molecule has 0 atom stereocenters. The van der Waals surface area contributed by atoms with E-state index >= 15 is 0 Å². The molecular weight excluding hydrogens is 473 g/mol. The Morgan fingerprint density at radius 1 is 1.00 bits per heavy atom. The van der Waals surface area contributed by atoms with Gasteiger partial charge in [-0.1, -0.05) is 12.5 Å². The zero-order valence-electron chi connectivity index (χ0n) is 19.1. The first kappa shape index (κ1) is 23.6. The van der Waals surface area contributed by atoms with Crippen LogP contribution in [0.25, 0.3) is 11.4 Å². The van der Waals surface area contributed by atoms with Crippen LogP contribution in [0.1, 0.15) is 35.4 Å². The van der Waals surface area contributed by atoms with Crippen LogP contribution in [0.15, 0.2) is 47.4 Å². The number of fused-ring (bicyclic) bond motifs is 1. The van der Waals surface area contributed by atoms with Crippen LogP contribution in [0.2, 0.25) is 0 Å². The molecule has 1 fully saturated rings. The fourth-order valence-electron chi connectivity index (χ4n) is 4.40. The summed E-state index contributed by atoms with van der Waals surface area (Å²) < 4.78 is 49.2. The summed E-state index contributed by atoms with van der Waals surface area (Å²) in [4.78, 5) is 13.0. The topological polar surface area (TPSA) is 106 Å². The Morgan fingerprint density at radius 2 is 1.83 bits per heavy atom. The van der Waals surface area contributed by atoms with Gasteiger partial charge in [-0.3, -0.25) is 4.79 Å². The molecule has 0 unspecified atom stereocenters. The Labute approximate surface area is 203 Å². The predicted molar refractivity (Wildman–Crippen MR) is 127 cm³/mol. The van der Waals surface area contributed by atoms with Gasteiger partial charge in [-0.2, -0.15) is 4.31 Å². The van der Waals surface area contributed by atoms with Gasteiger partial charge in [-0.25, -0.2) is 12.8 Å². The lowest BCUT2D eigenvalue weighted by Crippen LogP contribution is -2.40. The fourth-order valence-corrected chi connectivity index (χ4v) is 5.85. The van der Waals surface area contributed by atoms with Crippen molar-refractivity contribution in [3.8, 4) is 11.4 Å². The lowest BCUT2D eigenvalue weighted by Gasteiger charge is -2.26. The zero-order valence-corrected chi connectivity index (χ0v) is 19.9. The quantitative estimate of drug-likeness (QED) is 0.578. The first-order valence-corrected chi connectivity index (χ1v) is 13.1. The Balaban J connectivity index is 1.39. The van der Waals surface area contributed by atoms with Crippen LogP contribution in [0.4, 0.5) is 10.1 Å². The number of morpholine rings is 1. The number of aromatic nitrogens is 3. The van der Waals surface area contributed by atoms with Gasteiger partial charge < -0.3 is 14.6 Å². The number of sulfonamides is 1. The molecule has 0 spiro atoms. The predicted octanol–water partition coefficient (Wildman–Crippen LogP) is 3.08. The van der Waals surface area contributed by atoms with Crippen molar-refractivity contribution in [2.24, 2.45) is 0 Å². The summed E-state index contributed by atoms with van der Waals surface area (Å²) in [6.45, 7) is 1.92. The van der Waals surface area contributed by atoms with E-state index in [1.165, 1.54) is 46.8 Å². The Bertz CT molecular complexity index is 1350. The molecule has 3 heterocycles. The van der Waals surface area contributed by atoms with Crippen molar-refractivity contribution in [3.05, 3.63) is 59.7 Å². The number of aryl methyl sites for hydroxylation is 1. The molecule has 2 aliphatic rings. The summed E-state index contributed by atoms with van der Waals surface area (Å²) in [6, 6.07) is 10.2. The minimum atomic E-state index is -3.74. The van der Waals surface area contributed by atoms with E-state index < -0.39 is 21.7 Å². The van der Waals surface area contributed by atoms with E-state index in [0.29, 0.717) is 24.7 Å². The van der Waals surface area contributed by atoms with Gasteiger partial charge in [-0.15, -0.1) is 10.2 Å². The van der Waals surface area contributed by atoms with E-state index in [1.807, 2.05) is 4.57 Å². The maximum Gasteiger partial charge on any atom is 0.255 e. The Kier molecular flexibility index (Phi) is 6.63. The molecule has 0 saturated carbocycles. The zero-order chi connectivity index (χ0) is 24.4. The first-order chi connectivity index (χ1) is 16.9. The van der Waals surface area contributed by atoms with Gasteiger partial charge in [0.2, 0.25) is 10.0 Å². The third-order valence-corrected chi connectivity index (χ3v) is 8.17. The van der Waals surface area contributed by atoms with Crippen LogP contribution in [-0.2, 0) is 27.7 Å². The molecular formula is C24H26FN5O4S. The maximum absolute atomic E-state index is 14.8. The molecule has 1 aromatic heterocycles. The first-order valence-electron chi connectivity index (χ1n) is 11.6. The number of carbonyl (C=O) groups is 1. The SMILES string of the molecule is O=C(Nc1ccc(F)c(-c2nnc3n2CCCCC3)c1)c1cccc(S(=O)(=O)N2CCOCC2)c1. The minimum absolute atomic E-state index is 0.0398. The Hall–Kier alpha value is -3.15. The Morgan fingerprint density at radius 3 is 2.66 bits per heavy atom. The highest BCUT2D eigenvalue weighted by atomic mass is 32.2. The number of hydrogen-bond donors (Lipinski definition) is 1. The summed E-state index contributed by atoms with van der Waals surface area (Å²) in [7, 11) is -3.74. The highest BCUT2D eigenvalue weighted by Gasteiger charge is 2.27. The van der Waals surface area contributed by atoms with E-state index in [9.17, 15) is 17.6 Å². The number of rotatable bonds is 5. The maximum atomic E-state index is 14.8. The van der Waals surface area contributed by atoms with E-state index in [0.717, 1.165) is 38.1 Å². The van der Waals surface area contributed by atoms with Gasteiger partial charge in [0.1, 0.15) is 11.6 Å². The van der Waals surface area contributed by atoms with E-state index in [2.05, 4.69) is 15.5 Å². The average molecular weight is 500 g/mol. The summed E-state index contributed by atoms with van der Waals surface area (Å²) >= 11 is 0. The molecule has 35 heavy (non-hydrogen) atoms. The summed E-state index contributed by atoms with van der Waals surface area (Å²) in [5, 5.41) is 11.2. The summed E-state index contributed by atoms with van der Waals surface area (Å²) in [6.07, 6.45) is 3.88. The molecule has 2 aliphatic heterocycles. The number of nitrogens with one attached hydrogen (secondary N) is 1. The average Bonchev–Trinajstić information content (AvgIpc) is 3.13. The van der Waals surface area contributed by atoms with Crippen molar-refractivity contribution in [2.75, 3.05) is 31.6 Å². The van der Waals surface area contributed by atoms with Crippen molar-refractivity contribution in [3.63, 3.8) is 0 Å². The lowest BCUT2D eigenvalue weighted by atomic mass is 10.1. The molecule has 0 radical (unpaired) electrons. The molecule has 5 rings (SSSR count). The largest absolute Gasteiger partial charge is 0.379 e. The number of halogens is 1. The molecule has 1 N–H and O–H groups in total. The van der Waals surface area contributed by atoms with Gasteiger partial charge in [0.05, 0.1) is 23.7 Å². The van der Waals surface area contributed by atoms with Crippen molar-refractivity contribution in [1.82, 2.24) is 19.1 Å². The smallest absolute Gasteiger partial charge is 0.255 e. The molecule has 0 aliphatic carbocycles. The third kappa shape index (κ3) is 4.84. The van der Waals surface area contributed by atoms with Crippen molar-refractivity contribution in [2.45, 2.75) is 37.1 Å². The standard InChI is InChI=1S/C24H26FN5O4S/c25-21-9-8-18(16-20(21)23-28-27-22-7-2-1-3-10-30(22)23)26-24(31)17-5-4-6-19(15-17)35(32,33)29-11-13-34-14-12-29/h4-6,8-9,15-16H,1-3,7,10-14H2,(H,26,31). The van der Waals surface area contributed by atoms with E-state index in [1.54, 1.807) is 0 Å². The summed E-state index contributed by atoms with van der Waals surface area (Å²) in [5.41, 5.74) is 0.812. The minimum Gasteiger partial charge on any atom is -0.379 e. The van der Waals surface area contributed by atoms with Crippen LogP contribution in [0.3, 0.4) is 0 Å². The van der Waals surface area contributed by atoms with Crippen molar-refractivity contribution >= 4 is 21.6 Å². The number of hydrogen-bond acceptors (Lipinski definition) is 6. The molecule has 1 amide bonds. The van der Waals surface area contributed by atoms with Gasteiger partial charge in [0.25, 0.3) is 5.91 Å². The molecule has 0 bridgehead atoms. The van der Waals surface area contributed by atoms with Crippen molar-refractivity contribution in [1.29, 1.82) is 0 Å². The van der Waals surface area contributed by atoms with Crippen LogP contribution in [-0.4, -0.2) is 59.7 Å². The third-order valence-electron chi connectivity index (χ3n) is 6.28. The summed E-state index contributed by atoms with van der Waals surface area (Å²) in [5.74, 6) is 0.321. The normalized spacial score (nSPS) is 16.9. The molecule has 2 aromatic carbocycles. The molecule has 184 valence electrons. The number of carbonyl (C=O) groups excluding carboxylic acids is 1. The van der Waals surface area contributed by atoms with Crippen LogP contribution >= 0.6 is 0 Å². The molecule has 11 heteroatoms. The second kappa shape index (κ2) is 9.84. The number of anilines is 1. The number of nitrogens with zero attached hydrogens (tertiary/aromatic N) is 4. The number of amides is 1. The number of benzene rings is 2. The molecule has 9 nitrogen and oxygen atoms in total. The van der Waals surface area contributed by atoms with E-state index in [-0.39, 0.29) is 29.1 Å². The molecule has 1 saturated heterocycles. The van der Waals surface area contributed by atoms with Crippen molar-refractivity contribution < 1.29 is 22.3 Å². The fraction of sp³-hybridized carbons (Fsp3) is 0.375. The second-order valence-electron chi connectivity index (χ2n) is 8.60. The van der Waals surface area contributed by atoms with Gasteiger partial charge in [-0.05, 0) is 49.2 Å². The highest BCUT2D eigenvalue weighted by molar-refractivity contribution is 7.89. The molecule has 3 aromatic rings. The van der Waals surface area contributed by atoms with Gasteiger partial charge in [0, 0.05) is 37.3 Å². The van der Waals surface area contributed by atoms with Gasteiger partial charge in [0.15, 0.2) is 5.82 Å². The second-order valence-corrected chi connectivity index (χ2v) is 10.5. The van der Waals surface area contributed by atoms with E-state index in [4.69, 9.17) is 4.74 Å². The lowest BCUT2D eigenvalue weighted by molar-refractivity contribution is 0.0730. The highest BCUT2D eigenvalue weighted by Crippen LogP contribution is 2.28. The number of ether oxygens (including phenoxy) is 1. The van der Waals surface area contributed by atoms with Crippen LogP contribution in [0, 0.1) is 5.82 Å². The van der Waals surface area contributed by atoms with Crippen LogP contribution < -0.4 is 5.32 Å². The van der Waals surface area contributed by atoms with Gasteiger partial charge >= 0.3 is 0 Å².